The van der Waals surface area contributed by atoms with Crippen molar-refractivity contribution in [2.24, 2.45) is 0 Å². The Bertz CT molecular complexity index is 936. The van der Waals surface area contributed by atoms with E-state index in [9.17, 15) is 4.79 Å². The number of carbonyl (C=O) groups is 1. The zero-order valence-corrected chi connectivity index (χ0v) is 16.8. The van der Waals surface area contributed by atoms with Gasteiger partial charge in [-0.25, -0.2) is 4.79 Å². The van der Waals surface area contributed by atoms with E-state index in [1.54, 1.807) is 7.11 Å². The Kier molecular flexibility index (Phi) is 7.06. The van der Waals surface area contributed by atoms with Crippen LogP contribution in [0.1, 0.15) is 18.1 Å². The van der Waals surface area contributed by atoms with Crippen LogP contribution in [0.15, 0.2) is 90.5 Å². The van der Waals surface area contributed by atoms with E-state index in [1.165, 1.54) is 0 Å². The minimum atomic E-state index is -0.139. The van der Waals surface area contributed by atoms with Gasteiger partial charge in [0, 0.05) is 18.8 Å². The van der Waals surface area contributed by atoms with E-state index in [-0.39, 0.29) is 6.03 Å². The van der Waals surface area contributed by atoms with Crippen LogP contribution in [0.5, 0.6) is 5.75 Å². The second-order valence-corrected chi connectivity index (χ2v) is 6.90. The molecule has 0 aliphatic heterocycles. The molecule has 0 spiro atoms. The fourth-order valence-electron chi connectivity index (χ4n) is 3.06. The highest BCUT2D eigenvalue weighted by atomic mass is 16.5. The summed E-state index contributed by atoms with van der Waals surface area (Å²) < 4.78 is 5.18. The maximum Gasteiger partial charge on any atom is 0.322 e. The molecule has 3 rings (SSSR count). The van der Waals surface area contributed by atoms with Crippen molar-refractivity contribution in [2.45, 2.75) is 13.5 Å². The third kappa shape index (κ3) is 6.25. The smallest absolute Gasteiger partial charge is 0.322 e. The summed E-state index contributed by atoms with van der Waals surface area (Å²) in [6.07, 6.45) is 2.11. The normalized spacial score (nSPS) is 11.0. The van der Waals surface area contributed by atoms with Gasteiger partial charge in [0.05, 0.1) is 7.11 Å². The van der Waals surface area contributed by atoms with Gasteiger partial charge in [-0.15, -0.1) is 0 Å². The molecule has 0 saturated heterocycles. The van der Waals surface area contributed by atoms with Gasteiger partial charge in [0.25, 0.3) is 0 Å². The third-order valence-electron chi connectivity index (χ3n) is 4.50. The molecule has 0 fully saturated rings. The predicted molar refractivity (Wildman–Crippen MR) is 119 cm³/mol. The minimum absolute atomic E-state index is 0.139. The molecule has 29 heavy (non-hydrogen) atoms. The maximum atomic E-state index is 13.0. The molecule has 4 nitrogen and oxygen atoms in total. The molecule has 148 valence electrons. The number of nitrogens with zero attached hydrogens (tertiary/aromatic N) is 1. The van der Waals surface area contributed by atoms with Gasteiger partial charge in [0.15, 0.2) is 0 Å². The molecule has 3 aromatic rings. The lowest BCUT2D eigenvalue weighted by atomic mass is 10.1. The first-order chi connectivity index (χ1) is 14.1. The van der Waals surface area contributed by atoms with Crippen molar-refractivity contribution in [3.8, 4) is 5.75 Å². The van der Waals surface area contributed by atoms with Gasteiger partial charge >= 0.3 is 6.03 Å². The Morgan fingerprint density at radius 2 is 1.55 bits per heavy atom. The Labute approximate surface area is 172 Å². The third-order valence-corrected chi connectivity index (χ3v) is 4.50. The largest absolute Gasteiger partial charge is 0.497 e. The van der Waals surface area contributed by atoms with Crippen LogP contribution in [-0.2, 0) is 6.54 Å². The van der Waals surface area contributed by atoms with Gasteiger partial charge < -0.3 is 15.0 Å². The molecule has 0 unspecified atom stereocenters. The van der Waals surface area contributed by atoms with E-state index in [1.807, 2.05) is 84.6 Å². The lowest BCUT2D eigenvalue weighted by Gasteiger charge is -2.24. The number of hydrogen-bond acceptors (Lipinski definition) is 2. The first-order valence-electron chi connectivity index (χ1n) is 9.60. The van der Waals surface area contributed by atoms with E-state index in [2.05, 4.69) is 23.5 Å². The summed E-state index contributed by atoms with van der Waals surface area (Å²) in [6, 6.07) is 27.3. The SMILES string of the molecule is COc1ccc(NC(=O)N(C/C(C)=C/c2ccccc2)Cc2ccccc2)cc1. The fourth-order valence-corrected chi connectivity index (χ4v) is 3.06. The van der Waals surface area contributed by atoms with E-state index >= 15 is 0 Å². The molecule has 0 saturated carbocycles. The molecular formula is C25H26N2O2. The predicted octanol–water partition coefficient (Wildman–Crippen LogP) is 5.83. The lowest BCUT2D eigenvalue weighted by Crippen LogP contribution is -2.35. The van der Waals surface area contributed by atoms with Crippen LogP contribution in [-0.4, -0.2) is 24.6 Å². The van der Waals surface area contributed by atoms with Crippen molar-refractivity contribution >= 4 is 17.8 Å². The summed E-state index contributed by atoms with van der Waals surface area (Å²) in [5.41, 5.74) is 4.06. The molecule has 3 aromatic carbocycles. The Hall–Kier alpha value is -3.53. The molecule has 0 atom stereocenters. The standard InChI is InChI=1S/C25H26N2O2/c1-20(17-21-9-5-3-6-10-21)18-27(19-22-11-7-4-8-12-22)25(28)26-23-13-15-24(29-2)16-14-23/h3-17H,18-19H2,1-2H3,(H,26,28)/b20-17+. The van der Waals surface area contributed by atoms with Crippen molar-refractivity contribution in [1.29, 1.82) is 0 Å². The number of ether oxygens (including phenoxy) is 1. The summed E-state index contributed by atoms with van der Waals surface area (Å²) in [5, 5.41) is 2.99. The van der Waals surface area contributed by atoms with Crippen LogP contribution in [0.2, 0.25) is 0 Å². The van der Waals surface area contributed by atoms with Crippen molar-refractivity contribution in [2.75, 3.05) is 19.0 Å². The van der Waals surface area contributed by atoms with Crippen LogP contribution in [0.4, 0.5) is 10.5 Å². The van der Waals surface area contributed by atoms with Crippen LogP contribution in [0.25, 0.3) is 6.08 Å². The number of hydrogen-bond donors (Lipinski definition) is 1. The van der Waals surface area contributed by atoms with Crippen molar-refractivity contribution < 1.29 is 9.53 Å². The second-order valence-electron chi connectivity index (χ2n) is 6.90. The summed E-state index contributed by atoms with van der Waals surface area (Å²) >= 11 is 0. The van der Waals surface area contributed by atoms with Crippen LogP contribution in [0.3, 0.4) is 0 Å². The summed E-state index contributed by atoms with van der Waals surface area (Å²) in [7, 11) is 1.62. The van der Waals surface area contributed by atoms with Crippen LogP contribution < -0.4 is 10.1 Å². The molecule has 4 heteroatoms. The number of methoxy groups -OCH3 is 1. The highest BCUT2D eigenvalue weighted by molar-refractivity contribution is 5.89. The lowest BCUT2D eigenvalue weighted by molar-refractivity contribution is 0.214. The summed E-state index contributed by atoms with van der Waals surface area (Å²) in [5.74, 6) is 0.755. The molecule has 1 N–H and O–H groups in total. The van der Waals surface area contributed by atoms with Crippen molar-refractivity contribution in [3.05, 3.63) is 102 Å². The van der Waals surface area contributed by atoms with Crippen molar-refractivity contribution in [3.63, 3.8) is 0 Å². The van der Waals surface area contributed by atoms with Crippen LogP contribution in [0, 0.1) is 0 Å². The topological polar surface area (TPSA) is 41.6 Å². The van der Waals surface area contributed by atoms with Gasteiger partial charge in [-0.05, 0) is 42.3 Å². The molecule has 0 bridgehead atoms. The molecule has 0 aromatic heterocycles. The molecule has 0 radical (unpaired) electrons. The molecule has 0 aliphatic rings. The van der Waals surface area contributed by atoms with E-state index in [0.29, 0.717) is 13.1 Å². The molecular weight excluding hydrogens is 360 g/mol. The zero-order valence-electron chi connectivity index (χ0n) is 16.8. The maximum absolute atomic E-state index is 13.0. The van der Waals surface area contributed by atoms with E-state index in [4.69, 9.17) is 4.74 Å². The number of urea groups is 1. The number of benzene rings is 3. The van der Waals surface area contributed by atoms with E-state index in [0.717, 1.165) is 28.1 Å². The average Bonchev–Trinajstić information content (AvgIpc) is 2.75. The Morgan fingerprint density at radius 3 is 2.17 bits per heavy atom. The van der Waals surface area contributed by atoms with Gasteiger partial charge in [-0.3, -0.25) is 0 Å². The first-order valence-corrected chi connectivity index (χ1v) is 9.60. The van der Waals surface area contributed by atoms with E-state index < -0.39 is 0 Å². The second kappa shape index (κ2) is 10.1. The zero-order chi connectivity index (χ0) is 20.5. The van der Waals surface area contributed by atoms with Crippen LogP contribution >= 0.6 is 0 Å². The minimum Gasteiger partial charge on any atom is -0.497 e. The quantitative estimate of drug-likeness (QED) is 0.555. The van der Waals surface area contributed by atoms with Crippen molar-refractivity contribution in [1.82, 2.24) is 4.90 Å². The van der Waals surface area contributed by atoms with Gasteiger partial charge in [0.2, 0.25) is 0 Å². The fraction of sp³-hybridized carbons (Fsp3) is 0.160. The Morgan fingerprint density at radius 1 is 0.931 bits per heavy atom. The number of amides is 2. The average molecular weight is 386 g/mol. The monoisotopic (exact) mass is 386 g/mol. The number of rotatable bonds is 7. The highest BCUT2D eigenvalue weighted by Crippen LogP contribution is 2.17. The van der Waals surface area contributed by atoms with Gasteiger partial charge in [-0.2, -0.15) is 0 Å². The van der Waals surface area contributed by atoms with Gasteiger partial charge in [0.1, 0.15) is 5.75 Å². The molecule has 0 aliphatic carbocycles. The number of nitrogens with one attached hydrogen (secondary N) is 1. The Balaban J connectivity index is 1.76. The summed E-state index contributed by atoms with van der Waals surface area (Å²) in [4.78, 5) is 14.8. The molecule has 0 heterocycles. The number of anilines is 1. The first kappa shape index (κ1) is 20.2. The summed E-state index contributed by atoms with van der Waals surface area (Å²) in [6.45, 7) is 3.11. The highest BCUT2D eigenvalue weighted by Gasteiger charge is 2.15. The number of carbonyl (C=O) groups excluding carboxylic acids is 1. The molecule has 2 amide bonds. The van der Waals surface area contributed by atoms with Gasteiger partial charge in [-0.1, -0.05) is 72.3 Å².